The molecule has 0 spiro atoms. The lowest BCUT2D eigenvalue weighted by Crippen LogP contribution is -2.21. The summed E-state index contributed by atoms with van der Waals surface area (Å²) >= 11 is 16.9. The van der Waals surface area contributed by atoms with E-state index in [4.69, 9.17) is 34.8 Å². The molecule has 1 aromatic rings. The highest BCUT2D eigenvalue weighted by Gasteiger charge is 2.28. The maximum Gasteiger partial charge on any atom is 0.198 e. The van der Waals surface area contributed by atoms with Crippen molar-refractivity contribution in [3.05, 3.63) is 34.9 Å². The van der Waals surface area contributed by atoms with E-state index in [1.165, 1.54) is 6.92 Å². The van der Waals surface area contributed by atoms with Crippen LogP contribution in [0.4, 0.5) is 0 Å². The molecule has 70 valence electrons. The molecule has 0 N–H and O–H groups in total. The van der Waals surface area contributed by atoms with Gasteiger partial charge in [-0.15, -0.1) is 0 Å². The Bertz CT molecular complexity index is 311. The Morgan fingerprint density at radius 2 is 1.69 bits per heavy atom. The van der Waals surface area contributed by atoms with Crippen LogP contribution in [0.15, 0.2) is 24.3 Å². The van der Waals surface area contributed by atoms with Gasteiger partial charge in [-0.3, -0.25) is 4.79 Å². The van der Waals surface area contributed by atoms with Crippen molar-refractivity contribution in [1.82, 2.24) is 0 Å². The summed E-state index contributed by atoms with van der Waals surface area (Å²) in [5.74, 6) is -0.326. The molecule has 0 aliphatic rings. The molecule has 0 radical (unpaired) electrons. The fourth-order valence-electron chi connectivity index (χ4n) is 0.855. The van der Waals surface area contributed by atoms with Crippen LogP contribution < -0.4 is 0 Å². The first-order chi connectivity index (χ1) is 5.91. The quantitative estimate of drug-likeness (QED) is 0.566. The van der Waals surface area contributed by atoms with Crippen LogP contribution in [0.5, 0.6) is 0 Å². The van der Waals surface area contributed by atoms with Gasteiger partial charge < -0.3 is 0 Å². The van der Waals surface area contributed by atoms with Crippen LogP contribution in [0, 0.1) is 0 Å². The second-order valence-corrected chi connectivity index (χ2v) is 4.87. The highest BCUT2D eigenvalue weighted by molar-refractivity contribution is 6.59. The number of carbonyl (C=O) groups is 1. The standard InChI is InChI=1S/C9H7Cl3O/c1-9(11,12)8(13)6-2-4-7(10)5-3-6/h2-5H,1H3. The zero-order valence-electron chi connectivity index (χ0n) is 6.85. The molecule has 0 heterocycles. The predicted molar refractivity (Wildman–Crippen MR) is 55.9 cm³/mol. The maximum absolute atomic E-state index is 11.5. The van der Waals surface area contributed by atoms with Crippen molar-refractivity contribution in [3.8, 4) is 0 Å². The molecular formula is C9H7Cl3O. The van der Waals surface area contributed by atoms with E-state index in [1.54, 1.807) is 24.3 Å². The van der Waals surface area contributed by atoms with E-state index < -0.39 is 4.33 Å². The fourth-order valence-corrected chi connectivity index (χ4v) is 1.20. The molecule has 0 bridgehead atoms. The summed E-state index contributed by atoms with van der Waals surface area (Å²) in [7, 11) is 0. The van der Waals surface area contributed by atoms with E-state index in [-0.39, 0.29) is 5.78 Å². The second kappa shape index (κ2) is 3.87. The Balaban J connectivity index is 2.97. The third kappa shape index (κ3) is 2.87. The lowest BCUT2D eigenvalue weighted by molar-refractivity contribution is 0.0978. The third-order valence-electron chi connectivity index (χ3n) is 1.51. The monoisotopic (exact) mass is 236 g/mol. The number of hydrogen-bond donors (Lipinski definition) is 0. The van der Waals surface area contributed by atoms with Gasteiger partial charge in [-0.2, -0.15) is 0 Å². The molecule has 0 atom stereocenters. The summed E-state index contributed by atoms with van der Waals surface area (Å²) in [4.78, 5) is 11.5. The summed E-state index contributed by atoms with van der Waals surface area (Å²) in [5, 5.41) is 0.572. The van der Waals surface area contributed by atoms with Crippen molar-refractivity contribution in [2.75, 3.05) is 0 Å². The molecular weight excluding hydrogens is 230 g/mol. The Hall–Kier alpha value is -0.240. The summed E-state index contributed by atoms with van der Waals surface area (Å²) in [6, 6.07) is 6.42. The number of hydrogen-bond acceptors (Lipinski definition) is 1. The van der Waals surface area contributed by atoms with Gasteiger partial charge in [0, 0.05) is 10.6 Å². The fraction of sp³-hybridized carbons (Fsp3) is 0.222. The van der Waals surface area contributed by atoms with Gasteiger partial charge in [0.15, 0.2) is 10.1 Å². The molecule has 0 aromatic heterocycles. The molecule has 4 heteroatoms. The Kier molecular flexibility index (Phi) is 3.23. The van der Waals surface area contributed by atoms with Crippen LogP contribution in [0.1, 0.15) is 17.3 Å². The average molecular weight is 238 g/mol. The van der Waals surface area contributed by atoms with E-state index in [0.717, 1.165) is 0 Å². The molecule has 1 aromatic carbocycles. The summed E-state index contributed by atoms with van der Waals surface area (Å²) in [6.07, 6.45) is 0. The van der Waals surface area contributed by atoms with Crippen LogP contribution in [0.2, 0.25) is 5.02 Å². The zero-order valence-corrected chi connectivity index (χ0v) is 9.12. The van der Waals surface area contributed by atoms with E-state index in [9.17, 15) is 4.79 Å². The number of alkyl halides is 2. The van der Waals surface area contributed by atoms with Gasteiger partial charge in [0.05, 0.1) is 0 Å². The smallest absolute Gasteiger partial charge is 0.198 e. The van der Waals surface area contributed by atoms with Crippen molar-refractivity contribution in [3.63, 3.8) is 0 Å². The summed E-state index contributed by atoms with van der Waals surface area (Å²) in [6.45, 7) is 1.44. The lowest BCUT2D eigenvalue weighted by Gasteiger charge is -2.11. The van der Waals surface area contributed by atoms with E-state index in [1.807, 2.05) is 0 Å². The van der Waals surface area contributed by atoms with Crippen molar-refractivity contribution < 1.29 is 4.79 Å². The van der Waals surface area contributed by atoms with Crippen molar-refractivity contribution >= 4 is 40.6 Å². The van der Waals surface area contributed by atoms with Gasteiger partial charge >= 0.3 is 0 Å². The molecule has 13 heavy (non-hydrogen) atoms. The van der Waals surface area contributed by atoms with E-state index in [2.05, 4.69) is 0 Å². The SMILES string of the molecule is CC(Cl)(Cl)C(=O)c1ccc(Cl)cc1. The number of benzene rings is 1. The van der Waals surface area contributed by atoms with Crippen LogP contribution in [-0.2, 0) is 0 Å². The minimum atomic E-state index is -1.38. The molecule has 1 rings (SSSR count). The first kappa shape index (κ1) is 10.8. The number of rotatable bonds is 2. The molecule has 0 fully saturated rings. The van der Waals surface area contributed by atoms with E-state index >= 15 is 0 Å². The molecule has 0 saturated heterocycles. The molecule has 0 amide bonds. The minimum Gasteiger partial charge on any atom is -0.291 e. The first-order valence-electron chi connectivity index (χ1n) is 3.59. The third-order valence-corrected chi connectivity index (χ3v) is 2.10. The molecule has 1 nitrogen and oxygen atoms in total. The van der Waals surface area contributed by atoms with Crippen LogP contribution in [0.25, 0.3) is 0 Å². The van der Waals surface area contributed by atoms with Crippen LogP contribution in [-0.4, -0.2) is 10.1 Å². The largest absolute Gasteiger partial charge is 0.291 e. The highest BCUT2D eigenvalue weighted by atomic mass is 35.5. The second-order valence-electron chi connectivity index (χ2n) is 2.72. The van der Waals surface area contributed by atoms with Crippen molar-refractivity contribution in [1.29, 1.82) is 0 Å². The zero-order chi connectivity index (χ0) is 10.1. The minimum absolute atomic E-state index is 0.326. The Labute approximate surface area is 91.6 Å². The summed E-state index contributed by atoms with van der Waals surface area (Å²) < 4.78 is -1.38. The Morgan fingerprint density at radius 3 is 2.08 bits per heavy atom. The number of carbonyl (C=O) groups excluding carboxylic acids is 1. The average Bonchev–Trinajstić information content (AvgIpc) is 2.03. The molecule has 0 aliphatic heterocycles. The molecule has 0 saturated carbocycles. The van der Waals surface area contributed by atoms with Gasteiger partial charge in [-0.1, -0.05) is 34.8 Å². The highest BCUT2D eigenvalue weighted by Crippen LogP contribution is 2.25. The predicted octanol–water partition coefficient (Wildman–Crippen LogP) is 3.72. The van der Waals surface area contributed by atoms with Crippen LogP contribution >= 0.6 is 34.8 Å². The van der Waals surface area contributed by atoms with Crippen LogP contribution in [0.3, 0.4) is 0 Å². The van der Waals surface area contributed by atoms with Gasteiger partial charge in [-0.25, -0.2) is 0 Å². The number of ketones is 1. The first-order valence-corrected chi connectivity index (χ1v) is 4.73. The lowest BCUT2D eigenvalue weighted by atomic mass is 10.1. The van der Waals surface area contributed by atoms with Gasteiger partial charge in [0.2, 0.25) is 0 Å². The van der Waals surface area contributed by atoms with Gasteiger partial charge in [0.25, 0.3) is 0 Å². The Morgan fingerprint density at radius 1 is 1.23 bits per heavy atom. The maximum atomic E-state index is 11.5. The van der Waals surface area contributed by atoms with Gasteiger partial charge in [-0.05, 0) is 31.2 Å². The topological polar surface area (TPSA) is 17.1 Å². The normalized spacial score (nSPS) is 11.4. The molecule has 0 aliphatic carbocycles. The van der Waals surface area contributed by atoms with Gasteiger partial charge in [0.1, 0.15) is 0 Å². The van der Waals surface area contributed by atoms with E-state index in [0.29, 0.717) is 10.6 Å². The number of halogens is 3. The van der Waals surface area contributed by atoms with Crippen molar-refractivity contribution in [2.24, 2.45) is 0 Å². The van der Waals surface area contributed by atoms with Crippen molar-refractivity contribution in [2.45, 2.75) is 11.3 Å². The molecule has 0 unspecified atom stereocenters. The number of Topliss-reactive ketones (excluding diaryl/α,β-unsaturated/α-hetero) is 1. The summed E-state index contributed by atoms with van der Waals surface area (Å²) in [5.41, 5.74) is 0.455.